The standard InChI is InChI=1S/C21H32O4Si/c1-7-18(25-26(5,6)21(2,3)4)19-17(13-14-23-19)15-24-20(22)16-11-9-8-10-12-16/h7-12,17-19H,1,13-15H2,2-6H3/t17-,18?,19+/m0/s1. The lowest BCUT2D eigenvalue weighted by Gasteiger charge is -2.40. The quantitative estimate of drug-likeness (QED) is 0.389. The molecule has 0 aromatic heterocycles. The smallest absolute Gasteiger partial charge is 0.338 e. The summed E-state index contributed by atoms with van der Waals surface area (Å²) in [5.74, 6) is -0.174. The summed E-state index contributed by atoms with van der Waals surface area (Å²) >= 11 is 0. The van der Waals surface area contributed by atoms with Crippen LogP contribution in [0.1, 0.15) is 37.6 Å². The molecule has 144 valence electrons. The molecule has 5 heteroatoms. The first-order valence-electron chi connectivity index (χ1n) is 9.30. The van der Waals surface area contributed by atoms with Gasteiger partial charge in [-0.25, -0.2) is 4.79 Å². The second-order valence-electron chi connectivity index (χ2n) is 8.43. The van der Waals surface area contributed by atoms with Crippen LogP contribution < -0.4 is 0 Å². The molecule has 1 aliphatic heterocycles. The third-order valence-corrected chi connectivity index (χ3v) is 9.97. The van der Waals surface area contributed by atoms with Gasteiger partial charge in [0.2, 0.25) is 0 Å². The van der Waals surface area contributed by atoms with Gasteiger partial charge in [0.1, 0.15) is 0 Å². The molecular weight excluding hydrogens is 344 g/mol. The summed E-state index contributed by atoms with van der Waals surface area (Å²) in [5, 5.41) is 0.113. The Morgan fingerprint density at radius 3 is 2.58 bits per heavy atom. The van der Waals surface area contributed by atoms with Crippen LogP contribution in [0.15, 0.2) is 43.0 Å². The van der Waals surface area contributed by atoms with E-state index in [2.05, 4.69) is 40.4 Å². The molecule has 2 rings (SSSR count). The molecule has 1 aromatic rings. The molecule has 0 amide bonds. The van der Waals surface area contributed by atoms with Crippen molar-refractivity contribution in [3.63, 3.8) is 0 Å². The highest BCUT2D eigenvalue weighted by molar-refractivity contribution is 6.74. The van der Waals surface area contributed by atoms with E-state index < -0.39 is 8.32 Å². The molecule has 1 aromatic carbocycles. The molecule has 0 N–H and O–H groups in total. The minimum atomic E-state index is -1.94. The Hall–Kier alpha value is -1.43. The predicted octanol–water partition coefficient (Wildman–Crippen LogP) is 4.82. The Labute approximate surface area is 158 Å². The van der Waals surface area contributed by atoms with Crippen LogP contribution in [0.4, 0.5) is 0 Å². The van der Waals surface area contributed by atoms with Crippen LogP contribution >= 0.6 is 0 Å². The molecule has 1 aliphatic rings. The fourth-order valence-corrected chi connectivity index (χ4v) is 4.07. The van der Waals surface area contributed by atoms with Gasteiger partial charge in [0.15, 0.2) is 8.32 Å². The van der Waals surface area contributed by atoms with Crippen LogP contribution in [0.3, 0.4) is 0 Å². The van der Waals surface area contributed by atoms with Gasteiger partial charge in [0.25, 0.3) is 0 Å². The van der Waals surface area contributed by atoms with Crippen molar-refractivity contribution in [3.05, 3.63) is 48.6 Å². The molecule has 3 atom stereocenters. The minimum Gasteiger partial charge on any atom is -0.462 e. The molecule has 1 heterocycles. The van der Waals surface area contributed by atoms with E-state index in [1.54, 1.807) is 12.1 Å². The number of ether oxygens (including phenoxy) is 2. The van der Waals surface area contributed by atoms with E-state index in [1.165, 1.54) is 0 Å². The zero-order chi connectivity index (χ0) is 19.4. The van der Waals surface area contributed by atoms with Crippen molar-refractivity contribution in [3.8, 4) is 0 Å². The second kappa shape index (κ2) is 8.50. The first-order valence-corrected chi connectivity index (χ1v) is 12.2. The van der Waals surface area contributed by atoms with Crippen molar-refractivity contribution in [1.82, 2.24) is 0 Å². The fourth-order valence-electron chi connectivity index (χ4n) is 2.80. The number of hydrogen-bond donors (Lipinski definition) is 0. The Morgan fingerprint density at radius 1 is 1.35 bits per heavy atom. The van der Waals surface area contributed by atoms with E-state index in [1.807, 2.05) is 24.3 Å². The molecule has 0 aliphatic carbocycles. The Kier molecular flexibility index (Phi) is 6.83. The number of hydrogen-bond acceptors (Lipinski definition) is 4. The van der Waals surface area contributed by atoms with Crippen LogP contribution in [0.25, 0.3) is 0 Å². The van der Waals surface area contributed by atoms with E-state index in [9.17, 15) is 4.79 Å². The van der Waals surface area contributed by atoms with Crippen molar-refractivity contribution in [2.75, 3.05) is 13.2 Å². The molecule has 1 fully saturated rings. The zero-order valence-electron chi connectivity index (χ0n) is 16.7. The van der Waals surface area contributed by atoms with E-state index in [0.29, 0.717) is 18.8 Å². The Balaban J connectivity index is 1.99. The Morgan fingerprint density at radius 2 is 2.00 bits per heavy atom. The van der Waals surface area contributed by atoms with Gasteiger partial charge in [-0.2, -0.15) is 0 Å². The van der Waals surface area contributed by atoms with Gasteiger partial charge in [-0.3, -0.25) is 0 Å². The maximum atomic E-state index is 12.2. The average molecular weight is 377 g/mol. The highest BCUT2D eigenvalue weighted by Crippen LogP contribution is 2.39. The highest BCUT2D eigenvalue weighted by Gasteiger charge is 2.43. The van der Waals surface area contributed by atoms with Crippen LogP contribution in [-0.2, 0) is 13.9 Å². The zero-order valence-corrected chi connectivity index (χ0v) is 17.7. The van der Waals surface area contributed by atoms with Gasteiger partial charge in [0.05, 0.1) is 24.4 Å². The molecule has 4 nitrogen and oxygen atoms in total. The molecular formula is C21H32O4Si. The number of carbonyl (C=O) groups is 1. The maximum Gasteiger partial charge on any atom is 0.338 e. The largest absolute Gasteiger partial charge is 0.462 e. The molecule has 0 saturated carbocycles. The van der Waals surface area contributed by atoms with Crippen LogP contribution in [0.5, 0.6) is 0 Å². The second-order valence-corrected chi connectivity index (χ2v) is 13.2. The lowest BCUT2D eigenvalue weighted by atomic mass is 9.98. The van der Waals surface area contributed by atoms with Crippen molar-refractivity contribution in [2.24, 2.45) is 5.92 Å². The highest BCUT2D eigenvalue weighted by atomic mass is 28.4. The third-order valence-electron chi connectivity index (χ3n) is 5.49. The molecule has 1 unspecified atom stereocenters. The molecule has 0 bridgehead atoms. The lowest BCUT2D eigenvalue weighted by Crippen LogP contribution is -2.47. The number of esters is 1. The summed E-state index contributed by atoms with van der Waals surface area (Å²) in [6.45, 7) is 16.1. The summed E-state index contributed by atoms with van der Waals surface area (Å²) in [4.78, 5) is 12.2. The maximum absolute atomic E-state index is 12.2. The predicted molar refractivity (Wildman–Crippen MR) is 107 cm³/mol. The third kappa shape index (κ3) is 5.06. The van der Waals surface area contributed by atoms with E-state index in [0.717, 1.165) is 6.42 Å². The first kappa shape index (κ1) is 20.9. The normalized spacial score (nSPS) is 22.0. The van der Waals surface area contributed by atoms with E-state index >= 15 is 0 Å². The van der Waals surface area contributed by atoms with Crippen molar-refractivity contribution in [2.45, 2.75) is 57.5 Å². The number of benzene rings is 1. The first-order chi connectivity index (χ1) is 12.2. The van der Waals surface area contributed by atoms with Gasteiger partial charge in [-0.15, -0.1) is 6.58 Å². The molecule has 0 spiro atoms. The van der Waals surface area contributed by atoms with Crippen molar-refractivity contribution in [1.29, 1.82) is 0 Å². The summed E-state index contributed by atoms with van der Waals surface area (Å²) in [7, 11) is -1.94. The Bertz CT molecular complexity index is 606. The van der Waals surface area contributed by atoms with Crippen molar-refractivity contribution >= 4 is 14.3 Å². The van der Waals surface area contributed by atoms with Gasteiger partial charge in [-0.05, 0) is 36.7 Å². The minimum absolute atomic E-state index is 0.113. The number of carbonyl (C=O) groups excluding carboxylic acids is 1. The van der Waals surface area contributed by atoms with Gasteiger partial charge in [0, 0.05) is 12.5 Å². The number of rotatable bonds is 7. The van der Waals surface area contributed by atoms with E-state index in [-0.39, 0.29) is 29.1 Å². The molecule has 1 saturated heterocycles. The molecule has 0 radical (unpaired) electrons. The molecule has 26 heavy (non-hydrogen) atoms. The van der Waals surface area contributed by atoms with Crippen LogP contribution in [-0.4, -0.2) is 39.7 Å². The fraction of sp³-hybridized carbons (Fsp3) is 0.571. The lowest BCUT2D eigenvalue weighted by molar-refractivity contribution is -0.00835. The summed E-state index contributed by atoms with van der Waals surface area (Å²) < 4.78 is 18.0. The summed E-state index contributed by atoms with van der Waals surface area (Å²) in [6.07, 6.45) is 2.39. The van der Waals surface area contributed by atoms with Gasteiger partial charge >= 0.3 is 5.97 Å². The van der Waals surface area contributed by atoms with Crippen molar-refractivity contribution < 1.29 is 18.7 Å². The van der Waals surface area contributed by atoms with Crippen LogP contribution in [0.2, 0.25) is 18.1 Å². The van der Waals surface area contributed by atoms with E-state index in [4.69, 9.17) is 13.9 Å². The van der Waals surface area contributed by atoms with Gasteiger partial charge in [-0.1, -0.05) is 45.0 Å². The summed E-state index contributed by atoms with van der Waals surface area (Å²) in [6, 6.07) is 9.07. The van der Waals surface area contributed by atoms with Crippen LogP contribution in [0, 0.1) is 5.92 Å². The summed E-state index contributed by atoms with van der Waals surface area (Å²) in [5.41, 5.74) is 0.570. The van der Waals surface area contributed by atoms with Gasteiger partial charge < -0.3 is 13.9 Å². The monoisotopic (exact) mass is 376 g/mol. The topological polar surface area (TPSA) is 44.8 Å². The SMILES string of the molecule is C=CC(O[Si](C)(C)C(C)(C)C)[C@@H]1OCC[C@H]1COC(=O)c1ccccc1. The average Bonchev–Trinajstić information content (AvgIpc) is 3.05.